The molecule has 0 atom stereocenters. The van der Waals surface area contributed by atoms with Crippen LogP contribution >= 0.6 is 0 Å². The van der Waals surface area contributed by atoms with Gasteiger partial charge in [0, 0.05) is 81.6 Å². The van der Waals surface area contributed by atoms with Crippen LogP contribution in [0.2, 0.25) is 0 Å². The SMILES string of the molecule is O=C(Nc1cc(OC(=O)c2ccc(-c3ccccn3)cc2)cc(-c2ccccc2-c2ccc(-c3cc(-c4ccc(-c5ccccc5-c5cc(OC(=O)c6ccc(-c7ccccn7)cc6)cc(OC(=O)c6ccc(-c7ccccn7)cc6)c5)cc4)ncn3)cc2)c1)c1ccc(-c2ccccn2)cc1. The van der Waals surface area contributed by atoms with Crippen LogP contribution in [-0.4, -0.2) is 53.7 Å². The van der Waals surface area contributed by atoms with Crippen LogP contribution in [0.15, 0.2) is 340 Å². The Labute approximate surface area is 587 Å². The second-order valence-electron chi connectivity index (χ2n) is 23.8. The van der Waals surface area contributed by atoms with Gasteiger partial charge in [0.2, 0.25) is 0 Å². The Hall–Kier alpha value is -14.2. The number of esters is 3. The number of ether oxygens (including phenoxy) is 3. The number of aromatic nitrogens is 6. The molecule has 0 aliphatic heterocycles. The maximum Gasteiger partial charge on any atom is 0.343 e. The quantitative estimate of drug-likeness (QED) is 0.0632. The summed E-state index contributed by atoms with van der Waals surface area (Å²) in [5.41, 5.74) is 18.0. The van der Waals surface area contributed by atoms with Crippen molar-refractivity contribution in [3.63, 3.8) is 0 Å². The second-order valence-corrected chi connectivity index (χ2v) is 23.8. The number of amides is 1. The number of carbonyl (C=O) groups is 4. The third kappa shape index (κ3) is 14.6. The molecule has 0 unspecified atom stereocenters. The van der Waals surface area contributed by atoms with Gasteiger partial charge in [-0.3, -0.25) is 24.7 Å². The van der Waals surface area contributed by atoms with E-state index in [9.17, 15) is 19.2 Å². The van der Waals surface area contributed by atoms with Gasteiger partial charge >= 0.3 is 17.9 Å². The lowest BCUT2D eigenvalue weighted by Gasteiger charge is -2.15. The number of pyridine rings is 4. The minimum Gasteiger partial charge on any atom is -0.423 e. The molecule has 14 nitrogen and oxygen atoms in total. The fraction of sp³-hybridized carbons (Fsp3) is 0. The third-order valence-electron chi connectivity index (χ3n) is 17.2. The summed E-state index contributed by atoms with van der Waals surface area (Å²) >= 11 is 0. The van der Waals surface area contributed by atoms with Crippen molar-refractivity contribution in [2.45, 2.75) is 0 Å². The van der Waals surface area contributed by atoms with Crippen molar-refractivity contribution in [3.8, 4) is 129 Å². The Morgan fingerprint density at radius 2 is 0.520 bits per heavy atom. The van der Waals surface area contributed by atoms with Crippen LogP contribution in [0.1, 0.15) is 41.4 Å². The molecule has 0 bridgehead atoms. The monoisotopic (exact) mass is 1320 g/mol. The van der Waals surface area contributed by atoms with Gasteiger partial charge in [-0.05, 0) is 172 Å². The van der Waals surface area contributed by atoms with Gasteiger partial charge in [-0.15, -0.1) is 0 Å². The number of benzene rings is 10. The smallest absolute Gasteiger partial charge is 0.343 e. The van der Waals surface area contributed by atoms with Gasteiger partial charge in [0.05, 0.1) is 50.9 Å². The van der Waals surface area contributed by atoms with E-state index in [-0.39, 0.29) is 23.2 Å². The van der Waals surface area contributed by atoms with Gasteiger partial charge < -0.3 is 19.5 Å². The van der Waals surface area contributed by atoms with Crippen LogP contribution in [-0.2, 0) is 0 Å². The van der Waals surface area contributed by atoms with Crippen LogP contribution in [0, 0.1) is 0 Å². The molecule has 0 spiro atoms. The summed E-state index contributed by atoms with van der Waals surface area (Å²) in [5.74, 6) is -1.54. The van der Waals surface area contributed by atoms with E-state index >= 15 is 0 Å². The highest BCUT2D eigenvalue weighted by atomic mass is 16.5. The number of rotatable bonds is 18. The van der Waals surface area contributed by atoms with Crippen LogP contribution in [0.4, 0.5) is 5.69 Å². The highest BCUT2D eigenvalue weighted by molar-refractivity contribution is 6.05. The first-order valence-corrected chi connectivity index (χ1v) is 32.7. The average Bonchev–Trinajstić information content (AvgIpc) is 0.796. The van der Waals surface area contributed by atoms with Crippen molar-refractivity contribution in [2.24, 2.45) is 0 Å². The second kappa shape index (κ2) is 29.2. The lowest BCUT2D eigenvalue weighted by atomic mass is 9.93. The van der Waals surface area contributed by atoms with E-state index in [1.807, 2.05) is 231 Å². The molecule has 0 aliphatic rings. The summed E-state index contributed by atoms with van der Waals surface area (Å²) in [6.07, 6.45) is 8.43. The van der Waals surface area contributed by atoms with E-state index in [1.54, 1.807) is 104 Å². The van der Waals surface area contributed by atoms with Crippen molar-refractivity contribution in [1.82, 2.24) is 29.9 Å². The number of hydrogen-bond donors (Lipinski definition) is 1. The van der Waals surface area contributed by atoms with Crippen molar-refractivity contribution in [1.29, 1.82) is 0 Å². The van der Waals surface area contributed by atoms with Crippen molar-refractivity contribution < 1.29 is 33.4 Å². The molecular weight excluding hydrogens is 1270 g/mol. The van der Waals surface area contributed by atoms with Crippen LogP contribution in [0.3, 0.4) is 0 Å². The van der Waals surface area contributed by atoms with Gasteiger partial charge in [-0.25, -0.2) is 24.4 Å². The summed E-state index contributed by atoms with van der Waals surface area (Å²) in [7, 11) is 0. The summed E-state index contributed by atoms with van der Waals surface area (Å²) < 4.78 is 18.3. The zero-order valence-corrected chi connectivity index (χ0v) is 54.4. The van der Waals surface area contributed by atoms with Crippen LogP contribution < -0.4 is 19.5 Å². The lowest BCUT2D eigenvalue weighted by molar-refractivity contribution is 0.0720. The largest absolute Gasteiger partial charge is 0.423 e. The van der Waals surface area contributed by atoms with E-state index < -0.39 is 17.9 Å². The fourth-order valence-electron chi connectivity index (χ4n) is 12.0. The van der Waals surface area contributed by atoms with Crippen molar-refractivity contribution >= 4 is 29.5 Å². The third-order valence-corrected chi connectivity index (χ3v) is 17.2. The lowest BCUT2D eigenvalue weighted by Crippen LogP contribution is -2.13. The normalized spacial score (nSPS) is 10.9. The fourth-order valence-corrected chi connectivity index (χ4v) is 12.0. The molecule has 14 heteroatoms. The molecule has 15 aromatic rings. The predicted molar refractivity (Wildman–Crippen MR) is 396 cm³/mol. The van der Waals surface area contributed by atoms with E-state index in [0.717, 1.165) is 89.5 Å². The summed E-state index contributed by atoms with van der Waals surface area (Å²) in [6, 6.07) is 95.3. The number of carbonyl (C=O) groups excluding carboxylic acids is 4. The first-order chi connectivity index (χ1) is 50.1. The molecule has 0 radical (unpaired) electrons. The van der Waals surface area contributed by atoms with Crippen LogP contribution in [0.25, 0.3) is 112 Å². The molecule has 0 saturated carbocycles. The Morgan fingerprint density at radius 3 is 0.863 bits per heavy atom. The molecule has 1 amide bonds. The summed E-state index contributed by atoms with van der Waals surface area (Å²) in [4.78, 5) is 82.8. The zero-order chi connectivity index (χ0) is 69.1. The molecule has 0 saturated heterocycles. The molecule has 5 aromatic heterocycles. The Balaban J connectivity index is 0.683. The predicted octanol–water partition coefficient (Wildman–Crippen LogP) is 19.6. The van der Waals surface area contributed by atoms with Gasteiger partial charge in [0.15, 0.2) is 0 Å². The molecule has 0 fully saturated rings. The van der Waals surface area contributed by atoms with Crippen LogP contribution in [0.5, 0.6) is 17.2 Å². The maximum atomic E-state index is 14.0. The van der Waals surface area contributed by atoms with Gasteiger partial charge in [-0.2, -0.15) is 0 Å². The average molecular weight is 1320 g/mol. The van der Waals surface area contributed by atoms with E-state index in [4.69, 9.17) is 24.2 Å². The van der Waals surface area contributed by atoms with E-state index in [1.165, 1.54) is 6.07 Å². The van der Waals surface area contributed by atoms with Crippen molar-refractivity contribution in [2.75, 3.05) is 5.32 Å². The molecular formula is C88H57N7O7. The maximum absolute atomic E-state index is 14.0. The van der Waals surface area contributed by atoms with E-state index in [0.29, 0.717) is 50.5 Å². The first-order valence-electron chi connectivity index (χ1n) is 32.7. The number of anilines is 1. The number of hydrogen-bond acceptors (Lipinski definition) is 13. The highest BCUT2D eigenvalue weighted by Crippen LogP contribution is 2.40. The molecule has 102 heavy (non-hydrogen) atoms. The molecule has 0 aliphatic carbocycles. The Bertz CT molecular complexity index is 4970. The first kappa shape index (κ1) is 63.8. The van der Waals surface area contributed by atoms with Gasteiger partial charge in [-0.1, -0.05) is 170 Å². The van der Waals surface area contributed by atoms with Gasteiger partial charge in [0.1, 0.15) is 23.6 Å². The number of nitrogens with one attached hydrogen (secondary N) is 1. The Morgan fingerprint density at radius 1 is 0.235 bits per heavy atom. The Kier molecular flexibility index (Phi) is 18.3. The van der Waals surface area contributed by atoms with Crippen molar-refractivity contribution in [3.05, 3.63) is 363 Å². The minimum atomic E-state index is -0.597. The molecule has 486 valence electrons. The summed E-state index contributed by atoms with van der Waals surface area (Å²) in [5, 5.41) is 3.06. The molecule has 15 rings (SSSR count). The topological polar surface area (TPSA) is 185 Å². The highest BCUT2D eigenvalue weighted by Gasteiger charge is 2.21. The molecule has 10 aromatic carbocycles. The molecule has 1 N–H and O–H groups in total. The van der Waals surface area contributed by atoms with E-state index in [2.05, 4.69) is 25.3 Å². The standard InChI is InChI=1S/C88H57N7O7/c96-85(65-37-29-59(30-38-65)79-17-5-9-45-89-79)95-71-49-69(50-72(53-71)100-86(97)66-39-31-60(32-40-66)80-18-6-10-46-90-80)77-15-3-1-13-75(77)57-21-25-63(26-22-57)83-55-84(94-56-93-83)64-27-23-58(24-28-64)76-14-2-4-16-78(76)70-51-73(101-87(98)67-41-33-61(34-42-67)81-19-7-11-47-91-81)54-74(52-70)102-88(99)68-43-35-62(36-44-68)82-20-8-12-48-92-82/h1-56H,(H,95,96). The minimum absolute atomic E-state index is 0.172. The number of nitrogens with zero attached hydrogens (tertiary/aromatic N) is 6. The zero-order valence-electron chi connectivity index (χ0n) is 54.4. The van der Waals surface area contributed by atoms with Gasteiger partial charge in [0.25, 0.3) is 5.91 Å². The summed E-state index contributed by atoms with van der Waals surface area (Å²) in [6.45, 7) is 0. The molecule has 5 heterocycles.